The van der Waals surface area contributed by atoms with Crippen molar-refractivity contribution in [1.29, 1.82) is 0 Å². The Kier molecular flexibility index (Phi) is 9.86. The van der Waals surface area contributed by atoms with E-state index in [1.54, 1.807) is 11.8 Å². The minimum atomic E-state index is 0. The number of halogens is 1. The molecule has 0 spiro atoms. The minimum absolute atomic E-state index is 0. The third-order valence-corrected chi connectivity index (χ3v) is 1.30. The summed E-state index contributed by atoms with van der Waals surface area (Å²) in [4.78, 5) is 4.36. The van der Waals surface area contributed by atoms with Crippen LogP contribution in [0.25, 0.3) is 0 Å². The second-order valence-electron chi connectivity index (χ2n) is 0.939. The van der Waals surface area contributed by atoms with Crippen LogP contribution in [0.4, 0.5) is 0 Å². The van der Waals surface area contributed by atoms with Crippen LogP contribution < -0.4 is 5.90 Å². The van der Waals surface area contributed by atoms with Crippen molar-refractivity contribution in [2.24, 2.45) is 5.90 Å². The van der Waals surface area contributed by atoms with Gasteiger partial charge in [-0.15, -0.1) is 24.2 Å². The molecule has 46 valence electrons. The highest BCUT2D eigenvalue weighted by molar-refractivity contribution is 7.99. The van der Waals surface area contributed by atoms with Crippen LogP contribution in [0.15, 0.2) is 0 Å². The van der Waals surface area contributed by atoms with Gasteiger partial charge in [0.2, 0.25) is 0 Å². The topological polar surface area (TPSA) is 35.2 Å². The van der Waals surface area contributed by atoms with Gasteiger partial charge < -0.3 is 0 Å². The lowest BCUT2D eigenvalue weighted by Gasteiger charge is -2.00. The molecule has 2 nitrogen and oxygen atoms in total. The SMILES string of the molecule is CSC(C)ON.Cl. The quantitative estimate of drug-likeness (QED) is 0.463. The largest absolute Gasteiger partial charge is 0.291 e. The van der Waals surface area contributed by atoms with E-state index in [9.17, 15) is 0 Å². The van der Waals surface area contributed by atoms with E-state index in [1.807, 2.05) is 13.2 Å². The fraction of sp³-hybridized carbons (Fsp3) is 1.00. The number of hydrogen-bond donors (Lipinski definition) is 1. The summed E-state index contributed by atoms with van der Waals surface area (Å²) in [5.41, 5.74) is 0.130. The first kappa shape index (κ1) is 10.5. The summed E-state index contributed by atoms with van der Waals surface area (Å²) in [5, 5.41) is 0. The molecule has 2 N–H and O–H groups in total. The average molecular weight is 144 g/mol. The third kappa shape index (κ3) is 6.56. The second-order valence-corrected chi connectivity index (χ2v) is 2.07. The first-order chi connectivity index (χ1) is 2.81. The second kappa shape index (κ2) is 6.56. The Hall–Kier alpha value is 0.560. The lowest BCUT2D eigenvalue weighted by atomic mass is 10.9. The van der Waals surface area contributed by atoms with Gasteiger partial charge in [-0.3, -0.25) is 4.84 Å². The van der Waals surface area contributed by atoms with Crippen molar-refractivity contribution < 1.29 is 4.84 Å². The summed E-state index contributed by atoms with van der Waals surface area (Å²) in [5.74, 6) is 4.76. The van der Waals surface area contributed by atoms with E-state index in [4.69, 9.17) is 5.90 Å². The Balaban J connectivity index is 0. The molecule has 0 aliphatic heterocycles. The zero-order chi connectivity index (χ0) is 4.99. The van der Waals surface area contributed by atoms with Gasteiger partial charge in [0.25, 0.3) is 0 Å². The standard InChI is InChI=1S/C3H9NOS.ClH/c1-3(5-4)6-2;/h3H,4H2,1-2H3;1H. The van der Waals surface area contributed by atoms with Crippen molar-refractivity contribution in [2.75, 3.05) is 6.26 Å². The van der Waals surface area contributed by atoms with Gasteiger partial charge in [0.15, 0.2) is 0 Å². The Morgan fingerprint density at radius 3 is 2.14 bits per heavy atom. The molecule has 0 aliphatic rings. The van der Waals surface area contributed by atoms with Crippen LogP contribution in [0.1, 0.15) is 6.92 Å². The highest BCUT2D eigenvalue weighted by atomic mass is 35.5. The molecule has 0 saturated heterocycles. The van der Waals surface area contributed by atoms with Crippen LogP contribution in [-0.2, 0) is 4.84 Å². The maximum absolute atomic E-state index is 4.76. The summed E-state index contributed by atoms with van der Waals surface area (Å²) >= 11 is 1.58. The van der Waals surface area contributed by atoms with E-state index in [0.717, 1.165) is 0 Å². The monoisotopic (exact) mass is 143 g/mol. The molecule has 0 radical (unpaired) electrons. The Bertz CT molecular complexity index is 34.1. The predicted molar refractivity (Wildman–Crippen MR) is 35.5 cm³/mol. The van der Waals surface area contributed by atoms with Crippen molar-refractivity contribution in [2.45, 2.75) is 12.4 Å². The van der Waals surface area contributed by atoms with E-state index in [1.165, 1.54) is 0 Å². The van der Waals surface area contributed by atoms with Crippen LogP contribution in [0.3, 0.4) is 0 Å². The van der Waals surface area contributed by atoms with Crippen LogP contribution in [0.2, 0.25) is 0 Å². The summed E-state index contributed by atoms with van der Waals surface area (Å²) in [6.07, 6.45) is 1.94. The molecule has 0 rings (SSSR count). The molecule has 0 aromatic rings. The molecule has 0 heterocycles. The van der Waals surface area contributed by atoms with Gasteiger partial charge >= 0.3 is 0 Å². The number of nitrogens with two attached hydrogens (primary N) is 1. The van der Waals surface area contributed by atoms with Gasteiger partial charge in [-0.1, -0.05) is 0 Å². The molecule has 7 heavy (non-hydrogen) atoms. The molecule has 0 aliphatic carbocycles. The molecule has 0 bridgehead atoms. The minimum Gasteiger partial charge on any atom is -0.291 e. The Morgan fingerprint density at radius 1 is 1.71 bits per heavy atom. The predicted octanol–water partition coefficient (Wildman–Crippen LogP) is 1.01. The van der Waals surface area contributed by atoms with Crippen LogP contribution in [0.5, 0.6) is 0 Å². The van der Waals surface area contributed by atoms with Gasteiger partial charge in [-0.2, -0.15) is 0 Å². The van der Waals surface area contributed by atoms with Crippen LogP contribution >= 0.6 is 24.2 Å². The molecule has 0 fully saturated rings. The normalized spacial score (nSPS) is 12.4. The number of hydrogen-bond acceptors (Lipinski definition) is 3. The van der Waals surface area contributed by atoms with Crippen LogP contribution in [0, 0.1) is 0 Å². The van der Waals surface area contributed by atoms with Gasteiger partial charge in [0.1, 0.15) is 5.44 Å². The van der Waals surface area contributed by atoms with Crippen molar-refractivity contribution in [3.05, 3.63) is 0 Å². The average Bonchev–Trinajstić information content (AvgIpc) is 1.65. The van der Waals surface area contributed by atoms with Crippen molar-refractivity contribution in [1.82, 2.24) is 0 Å². The van der Waals surface area contributed by atoms with Crippen molar-refractivity contribution >= 4 is 24.2 Å². The summed E-state index contributed by atoms with van der Waals surface area (Å²) in [6, 6.07) is 0. The summed E-state index contributed by atoms with van der Waals surface area (Å²) in [6.45, 7) is 1.89. The smallest absolute Gasteiger partial charge is 0.121 e. The molecule has 0 aromatic carbocycles. The van der Waals surface area contributed by atoms with Crippen molar-refractivity contribution in [3.8, 4) is 0 Å². The zero-order valence-electron chi connectivity index (χ0n) is 4.38. The highest BCUT2D eigenvalue weighted by Gasteiger charge is 1.90. The Morgan fingerprint density at radius 2 is 2.14 bits per heavy atom. The third-order valence-electron chi connectivity index (χ3n) is 0.524. The van der Waals surface area contributed by atoms with Gasteiger partial charge in [-0.05, 0) is 13.2 Å². The van der Waals surface area contributed by atoms with Gasteiger partial charge in [0.05, 0.1) is 0 Å². The maximum atomic E-state index is 4.76. The van der Waals surface area contributed by atoms with Gasteiger partial charge in [-0.25, -0.2) is 5.90 Å². The molecular formula is C3H10ClNOS. The van der Waals surface area contributed by atoms with E-state index in [-0.39, 0.29) is 17.8 Å². The molecule has 0 aromatic heterocycles. The van der Waals surface area contributed by atoms with E-state index in [0.29, 0.717) is 0 Å². The number of thioether (sulfide) groups is 1. The lowest BCUT2D eigenvalue weighted by molar-refractivity contribution is 0.127. The lowest BCUT2D eigenvalue weighted by Crippen LogP contribution is -2.07. The fourth-order valence-electron chi connectivity index (χ4n) is 0.0556. The molecule has 1 unspecified atom stereocenters. The molecule has 0 saturated carbocycles. The summed E-state index contributed by atoms with van der Waals surface area (Å²) < 4.78 is 0. The number of rotatable bonds is 2. The van der Waals surface area contributed by atoms with Crippen molar-refractivity contribution in [3.63, 3.8) is 0 Å². The Labute approximate surface area is 54.2 Å². The van der Waals surface area contributed by atoms with E-state index in [2.05, 4.69) is 4.84 Å². The molecule has 0 amide bonds. The zero-order valence-corrected chi connectivity index (χ0v) is 6.01. The highest BCUT2D eigenvalue weighted by Crippen LogP contribution is 2.01. The maximum Gasteiger partial charge on any atom is 0.121 e. The van der Waals surface area contributed by atoms with E-state index < -0.39 is 0 Å². The first-order valence-electron chi connectivity index (χ1n) is 1.69. The summed E-state index contributed by atoms with van der Waals surface area (Å²) in [7, 11) is 0. The molecule has 4 heteroatoms. The van der Waals surface area contributed by atoms with Gasteiger partial charge in [0, 0.05) is 0 Å². The fourth-order valence-corrected chi connectivity index (χ4v) is 0.167. The van der Waals surface area contributed by atoms with Crippen LogP contribution in [-0.4, -0.2) is 11.7 Å². The molecular weight excluding hydrogens is 134 g/mol. The molecule has 1 atom stereocenters. The van der Waals surface area contributed by atoms with E-state index >= 15 is 0 Å². The first-order valence-corrected chi connectivity index (χ1v) is 2.98.